The number of aromatic nitrogens is 2. The van der Waals surface area contributed by atoms with Crippen molar-refractivity contribution in [1.29, 1.82) is 0 Å². The van der Waals surface area contributed by atoms with Gasteiger partial charge in [0.05, 0.1) is 5.52 Å². The fourth-order valence-electron chi connectivity index (χ4n) is 2.92. The van der Waals surface area contributed by atoms with Gasteiger partial charge in [-0.15, -0.1) is 0 Å². The monoisotopic (exact) mass is 359 g/mol. The lowest BCUT2D eigenvalue weighted by atomic mass is 10.1. The zero-order valence-corrected chi connectivity index (χ0v) is 14.9. The average molecular weight is 360 g/mol. The molecule has 0 aliphatic heterocycles. The first-order chi connectivity index (χ1) is 12.8. The SMILES string of the molecule is Clc1ccc2c(NCCc3ccccc3)nc(-c3ccccc3)nc2c1. The van der Waals surface area contributed by atoms with Crippen molar-refractivity contribution < 1.29 is 0 Å². The first-order valence-electron chi connectivity index (χ1n) is 8.60. The Kier molecular flexibility index (Phi) is 4.80. The van der Waals surface area contributed by atoms with Crippen molar-refractivity contribution in [3.63, 3.8) is 0 Å². The third-order valence-electron chi connectivity index (χ3n) is 4.24. The third kappa shape index (κ3) is 3.68. The number of nitrogens with zero attached hydrogens (tertiary/aromatic N) is 2. The molecule has 0 bridgehead atoms. The molecule has 4 aromatic rings. The van der Waals surface area contributed by atoms with Crippen LogP contribution >= 0.6 is 11.6 Å². The van der Waals surface area contributed by atoms with Crippen LogP contribution in [-0.4, -0.2) is 16.5 Å². The van der Waals surface area contributed by atoms with Crippen LogP contribution in [0.25, 0.3) is 22.3 Å². The largest absolute Gasteiger partial charge is 0.369 e. The van der Waals surface area contributed by atoms with E-state index in [0.717, 1.165) is 35.2 Å². The number of halogens is 1. The molecule has 0 radical (unpaired) electrons. The van der Waals surface area contributed by atoms with Crippen molar-refractivity contribution in [2.45, 2.75) is 6.42 Å². The van der Waals surface area contributed by atoms with Crippen molar-refractivity contribution in [2.75, 3.05) is 11.9 Å². The number of rotatable bonds is 5. The van der Waals surface area contributed by atoms with Gasteiger partial charge in [-0.3, -0.25) is 0 Å². The molecule has 0 saturated heterocycles. The quantitative estimate of drug-likeness (QED) is 0.503. The molecular weight excluding hydrogens is 342 g/mol. The van der Waals surface area contributed by atoms with Crippen LogP contribution in [0.2, 0.25) is 5.02 Å². The molecule has 1 aromatic heterocycles. The van der Waals surface area contributed by atoms with Crippen molar-refractivity contribution in [2.24, 2.45) is 0 Å². The van der Waals surface area contributed by atoms with Crippen LogP contribution in [0.15, 0.2) is 78.9 Å². The number of benzene rings is 3. The van der Waals surface area contributed by atoms with Crippen LogP contribution < -0.4 is 5.32 Å². The Bertz CT molecular complexity index is 1020. The summed E-state index contributed by atoms with van der Waals surface area (Å²) < 4.78 is 0. The zero-order chi connectivity index (χ0) is 17.8. The Morgan fingerprint density at radius 1 is 0.808 bits per heavy atom. The minimum atomic E-state index is 0.672. The Morgan fingerprint density at radius 2 is 1.54 bits per heavy atom. The predicted octanol–water partition coefficient (Wildman–Crippen LogP) is 5.60. The van der Waals surface area contributed by atoms with E-state index >= 15 is 0 Å². The highest BCUT2D eigenvalue weighted by atomic mass is 35.5. The molecule has 4 rings (SSSR count). The summed E-state index contributed by atoms with van der Waals surface area (Å²) in [5, 5.41) is 5.12. The maximum Gasteiger partial charge on any atom is 0.162 e. The molecule has 0 atom stereocenters. The Hall–Kier alpha value is -2.91. The second kappa shape index (κ2) is 7.54. The number of hydrogen-bond acceptors (Lipinski definition) is 3. The molecule has 0 spiro atoms. The van der Waals surface area contributed by atoms with E-state index < -0.39 is 0 Å². The lowest BCUT2D eigenvalue weighted by Gasteiger charge is -2.11. The highest BCUT2D eigenvalue weighted by Gasteiger charge is 2.09. The van der Waals surface area contributed by atoms with Crippen LogP contribution in [0.1, 0.15) is 5.56 Å². The minimum Gasteiger partial charge on any atom is -0.369 e. The van der Waals surface area contributed by atoms with Gasteiger partial charge >= 0.3 is 0 Å². The topological polar surface area (TPSA) is 37.8 Å². The Labute approximate surface area is 157 Å². The number of nitrogens with one attached hydrogen (secondary N) is 1. The summed E-state index contributed by atoms with van der Waals surface area (Å²) in [6, 6.07) is 26.1. The van der Waals surface area contributed by atoms with Crippen LogP contribution in [0, 0.1) is 0 Å². The fraction of sp³-hybridized carbons (Fsp3) is 0.0909. The van der Waals surface area contributed by atoms with E-state index in [1.807, 2.05) is 54.6 Å². The van der Waals surface area contributed by atoms with E-state index in [1.54, 1.807) is 0 Å². The molecule has 0 unspecified atom stereocenters. The summed E-state index contributed by atoms with van der Waals surface area (Å²) in [4.78, 5) is 9.46. The van der Waals surface area contributed by atoms with E-state index in [0.29, 0.717) is 10.8 Å². The van der Waals surface area contributed by atoms with E-state index in [4.69, 9.17) is 21.6 Å². The second-order valence-electron chi connectivity index (χ2n) is 6.09. The van der Waals surface area contributed by atoms with E-state index in [9.17, 15) is 0 Å². The molecule has 0 aliphatic carbocycles. The number of fused-ring (bicyclic) bond motifs is 1. The Balaban J connectivity index is 1.67. The zero-order valence-electron chi connectivity index (χ0n) is 14.2. The van der Waals surface area contributed by atoms with Crippen LogP contribution in [0.4, 0.5) is 5.82 Å². The van der Waals surface area contributed by atoms with Gasteiger partial charge in [0.1, 0.15) is 5.82 Å². The first-order valence-corrected chi connectivity index (χ1v) is 8.98. The average Bonchev–Trinajstić information content (AvgIpc) is 2.69. The van der Waals surface area contributed by atoms with Crippen molar-refractivity contribution >= 4 is 28.3 Å². The van der Waals surface area contributed by atoms with E-state index in [-0.39, 0.29) is 0 Å². The van der Waals surface area contributed by atoms with Crippen LogP contribution in [0.5, 0.6) is 0 Å². The summed E-state index contributed by atoms with van der Waals surface area (Å²) in [6.45, 7) is 0.799. The van der Waals surface area contributed by atoms with Crippen LogP contribution in [0.3, 0.4) is 0 Å². The highest BCUT2D eigenvalue weighted by Crippen LogP contribution is 2.27. The van der Waals surface area contributed by atoms with Gasteiger partial charge in [-0.2, -0.15) is 0 Å². The molecule has 0 aliphatic rings. The maximum atomic E-state index is 6.17. The van der Waals surface area contributed by atoms with E-state index in [1.165, 1.54) is 5.56 Å². The molecule has 26 heavy (non-hydrogen) atoms. The van der Waals surface area contributed by atoms with Gasteiger partial charge in [-0.25, -0.2) is 9.97 Å². The summed E-state index contributed by atoms with van der Waals surface area (Å²) in [7, 11) is 0. The maximum absolute atomic E-state index is 6.17. The number of hydrogen-bond donors (Lipinski definition) is 1. The van der Waals surface area contributed by atoms with Gasteiger partial charge in [0.25, 0.3) is 0 Å². The molecule has 1 heterocycles. The van der Waals surface area contributed by atoms with Crippen molar-refractivity contribution in [3.8, 4) is 11.4 Å². The molecule has 3 aromatic carbocycles. The van der Waals surface area contributed by atoms with Crippen molar-refractivity contribution in [1.82, 2.24) is 9.97 Å². The molecule has 128 valence electrons. The summed E-state index contributed by atoms with van der Waals surface area (Å²) in [5.74, 6) is 1.53. The second-order valence-corrected chi connectivity index (χ2v) is 6.52. The molecule has 1 N–H and O–H groups in total. The van der Waals surface area contributed by atoms with Gasteiger partial charge < -0.3 is 5.32 Å². The van der Waals surface area contributed by atoms with Gasteiger partial charge in [-0.1, -0.05) is 72.3 Å². The minimum absolute atomic E-state index is 0.672. The smallest absolute Gasteiger partial charge is 0.162 e. The van der Waals surface area contributed by atoms with E-state index in [2.05, 4.69) is 29.6 Å². The summed E-state index contributed by atoms with van der Waals surface area (Å²) >= 11 is 6.17. The molecule has 3 nitrogen and oxygen atoms in total. The fourth-order valence-corrected chi connectivity index (χ4v) is 3.09. The Morgan fingerprint density at radius 3 is 2.31 bits per heavy atom. The molecule has 0 saturated carbocycles. The van der Waals surface area contributed by atoms with Gasteiger partial charge in [-0.05, 0) is 30.2 Å². The van der Waals surface area contributed by atoms with Crippen molar-refractivity contribution in [3.05, 3.63) is 89.4 Å². The molecule has 4 heteroatoms. The summed E-state index contributed by atoms with van der Waals surface area (Å²) in [5.41, 5.74) is 3.12. The first kappa shape index (κ1) is 16.6. The van der Waals surface area contributed by atoms with Gasteiger partial charge in [0.2, 0.25) is 0 Å². The lowest BCUT2D eigenvalue weighted by molar-refractivity contribution is 1.01. The summed E-state index contributed by atoms with van der Waals surface area (Å²) in [6.07, 6.45) is 0.931. The number of anilines is 1. The molecule has 0 amide bonds. The molecular formula is C22H18ClN3. The lowest BCUT2D eigenvalue weighted by Crippen LogP contribution is -2.08. The van der Waals surface area contributed by atoms with Crippen LogP contribution in [-0.2, 0) is 6.42 Å². The van der Waals surface area contributed by atoms with Gasteiger partial charge in [0.15, 0.2) is 5.82 Å². The highest BCUT2D eigenvalue weighted by molar-refractivity contribution is 6.31. The normalized spacial score (nSPS) is 10.8. The third-order valence-corrected chi connectivity index (χ3v) is 4.47. The van der Waals surface area contributed by atoms with Gasteiger partial charge in [0, 0.05) is 22.5 Å². The molecule has 0 fully saturated rings. The predicted molar refractivity (Wildman–Crippen MR) is 109 cm³/mol. The standard InChI is InChI=1S/C22H18ClN3/c23-18-11-12-19-20(15-18)25-21(17-9-5-2-6-10-17)26-22(19)24-14-13-16-7-3-1-4-8-16/h1-12,15H,13-14H2,(H,24,25,26).